The van der Waals surface area contributed by atoms with Crippen molar-refractivity contribution in [2.24, 2.45) is 0 Å². The zero-order valence-corrected chi connectivity index (χ0v) is 10.3. The van der Waals surface area contributed by atoms with Crippen molar-refractivity contribution in [3.8, 4) is 0 Å². The molecule has 0 fully saturated rings. The Morgan fingerprint density at radius 3 is 2.53 bits per heavy atom. The number of hydrogen-bond donors (Lipinski definition) is 2. The molecule has 0 radical (unpaired) electrons. The van der Waals surface area contributed by atoms with Crippen molar-refractivity contribution in [1.29, 1.82) is 0 Å². The normalized spacial score (nSPS) is 10.3. The van der Waals surface area contributed by atoms with Gasteiger partial charge in [0.1, 0.15) is 11.4 Å². The Bertz CT molecular complexity index is 647. The molecule has 3 N–H and O–H groups in total. The fourth-order valence-corrected chi connectivity index (χ4v) is 1.71. The van der Waals surface area contributed by atoms with Crippen LogP contribution < -0.4 is 11.1 Å². The number of halogens is 3. The lowest BCUT2D eigenvalue weighted by molar-refractivity contribution is 0.101. The number of hydrogen-bond acceptors (Lipinski definition) is 2. The van der Waals surface area contributed by atoms with Crippen LogP contribution in [0.1, 0.15) is 10.4 Å². The van der Waals surface area contributed by atoms with Crippen LogP contribution in [0, 0.1) is 11.6 Å². The van der Waals surface area contributed by atoms with E-state index in [4.69, 9.17) is 17.3 Å². The lowest BCUT2D eigenvalue weighted by Gasteiger charge is -2.09. The highest BCUT2D eigenvalue weighted by atomic mass is 35.5. The second-order valence-electron chi connectivity index (χ2n) is 3.76. The summed E-state index contributed by atoms with van der Waals surface area (Å²) >= 11 is 5.84. The second kappa shape index (κ2) is 5.24. The Morgan fingerprint density at radius 1 is 1.16 bits per heavy atom. The standard InChI is InChI=1S/C13H9ClF2N2O/c14-7-3-1-2-4-10(7)18-13(19)11-8(15)5-6-9(17)12(11)16/h1-6H,17H2,(H,18,19). The first-order valence-electron chi connectivity index (χ1n) is 5.30. The molecule has 0 bridgehead atoms. The molecule has 0 aliphatic carbocycles. The molecular formula is C13H9ClF2N2O. The summed E-state index contributed by atoms with van der Waals surface area (Å²) in [6, 6.07) is 8.34. The van der Waals surface area contributed by atoms with E-state index in [2.05, 4.69) is 5.32 Å². The van der Waals surface area contributed by atoms with Gasteiger partial charge in [0.25, 0.3) is 5.91 Å². The number of nitrogens with one attached hydrogen (secondary N) is 1. The zero-order chi connectivity index (χ0) is 14.0. The molecule has 0 unspecified atom stereocenters. The molecule has 98 valence electrons. The highest BCUT2D eigenvalue weighted by molar-refractivity contribution is 6.33. The van der Waals surface area contributed by atoms with Gasteiger partial charge in [0, 0.05) is 0 Å². The van der Waals surface area contributed by atoms with Crippen LogP contribution in [-0.4, -0.2) is 5.91 Å². The van der Waals surface area contributed by atoms with E-state index in [1.807, 2.05) is 0 Å². The minimum atomic E-state index is -1.09. The number of carbonyl (C=O) groups is 1. The molecule has 2 aromatic rings. The van der Waals surface area contributed by atoms with E-state index >= 15 is 0 Å². The number of para-hydroxylation sites is 1. The van der Waals surface area contributed by atoms with E-state index < -0.39 is 23.1 Å². The summed E-state index contributed by atoms with van der Waals surface area (Å²) in [7, 11) is 0. The topological polar surface area (TPSA) is 55.1 Å². The summed E-state index contributed by atoms with van der Waals surface area (Å²) in [6.07, 6.45) is 0. The smallest absolute Gasteiger partial charge is 0.261 e. The largest absolute Gasteiger partial charge is 0.396 e. The van der Waals surface area contributed by atoms with Crippen LogP contribution >= 0.6 is 11.6 Å². The van der Waals surface area contributed by atoms with E-state index in [0.29, 0.717) is 0 Å². The third-order valence-electron chi connectivity index (χ3n) is 2.47. The third-order valence-corrected chi connectivity index (χ3v) is 2.80. The Hall–Kier alpha value is -2.14. The van der Waals surface area contributed by atoms with Crippen molar-refractivity contribution in [1.82, 2.24) is 0 Å². The van der Waals surface area contributed by atoms with Crippen molar-refractivity contribution in [2.75, 3.05) is 11.1 Å². The first-order valence-corrected chi connectivity index (χ1v) is 5.68. The summed E-state index contributed by atoms with van der Waals surface area (Å²) < 4.78 is 27.2. The first-order chi connectivity index (χ1) is 9.00. The van der Waals surface area contributed by atoms with Gasteiger partial charge in [-0.15, -0.1) is 0 Å². The molecule has 0 aliphatic rings. The molecule has 3 nitrogen and oxygen atoms in total. The second-order valence-corrected chi connectivity index (χ2v) is 4.17. The van der Waals surface area contributed by atoms with Gasteiger partial charge in [0.05, 0.1) is 16.4 Å². The maximum absolute atomic E-state index is 13.7. The molecule has 2 rings (SSSR count). The van der Waals surface area contributed by atoms with Gasteiger partial charge in [-0.05, 0) is 24.3 Å². The van der Waals surface area contributed by atoms with Gasteiger partial charge >= 0.3 is 0 Å². The number of rotatable bonds is 2. The minimum absolute atomic E-state index is 0.260. The lowest BCUT2D eigenvalue weighted by Crippen LogP contribution is -2.17. The van der Waals surface area contributed by atoms with Crippen molar-refractivity contribution in [3.05, 3.63) is 58.6 Å². The van der Waals surface area contributed by atoms with Gasteiger partial charge in [0.2, 0.25) is 0 Å². The molecule has 0 aliphatic heterocycles. The predicted octanol–water partition coefficient (Wildman–Crippen LogP) is 3.45. The van der Waals surface area contributed by atoms with E-state index in [1.165, 1.54) is 6.07 Å². The van der Waals surface area contributed by atoms with Crippen LogP contribution in [0.4, 0.5) is 20.2 Å². The van der Waals surface area contributed by atoms with Crippen molar-refractivity contribution < 1.29 is 13.6 Å². The zero-order valence-electron chi connectivity index (χ0n) is 9.58. The quantitative estimate of drug-likeness (QED) is 0.829. The maximum atomic E-state index is 13.7. The van der Waals surface area contributed by atoms with Crippen LogP contribution in [0.2, 0.25) is 5.02 Å². The van der Waals surface area contributed by atoms with Crippen molar-refractivity contribution >= 4 is 28.9 Å². The molecule has 1 amide bonds. The lowest BCUT2D eigenvalue weighted by atomic mass is 10.1. The SMILES string of the molecule is Nc1ccc(F)c(C(=O)Nc2ccccc2Cl)c1F. The first kappa shape index (κ1) is 13.3. The van der Waals surface area contributed by atoms with Gasteiger partial charge in [-0.2, -0.15) is 0 Å². The molecule has 6 heteroatoms. The number of nitrogens with two attached hydrogens (primary N) is 1. The van der Waals surface area contributed by atoms with Gasteiger partial charge in [-0.1, -0.05) is 23.7 Å². The van der Waals surface area contributed by atoms with Gasteiger partial charge in [0.15, 0.2) is 5.82 Å². The highest BCUT2D eigenvalue weighted by Crippen LogP contribution is 2.24. The third kappa shape index (κ3) is 2.66. The number of nitrogen functional groups attached to an aromatic ring is 1. The van der Waals surface area contributed by atoms with Crippen LogP contribution in [0.3, 0.4) is 0 Å². The highest BCUT2D eigenvalue weighted by Gasteiger charge is 2.20. The summed E-state index contributed by atoms with van der Waals surface area (Å²) in [5.74, 6) is -3.03. The summed E-state index contributed by atoms with van der Waals surface area (Å²) in [5, 5.41) is 2.59. The maximum Gasteiger partial charge on any atom is 0.261 e. The molecule has 0 aromatic heterocycles. The molecular weight excluding hydrogens is 274 g/mol. The number of benzene rings is 2. The Labute approximate surface area is 113 Å². The van der Waals surface area contributed by atoms with E-state index in [9.17, 15) is 13.6 Å². The van der Waals surface area contributed by atoms with Crippen LogP contribution in [0.5, 0.6) is 0 Å². The van der Waals surface area contributed by atoms with E-state index in [0.717, 1.165) is 12.1 Å². The molecule has 0 saturated carbocycles. The van der Waals surface area contributed by atoms with Crippen LogP contribution in [0.25, 0.3) is 0 Å². The van der Waals surface area contributed by atoms with E-state index in [1.54, 1.807) is 18.2 Å². The molecule has 19 heavy (non-hydrogen) atoms. The molecule has 0 saturated heterocycles. The Balaban J connectivity index is 2.36. The average molecular weight is 283 g/mol. The van der Waals surface area contributed by atoms with E-state index in [-0.39, 0.29) is 16.4 Å². The van der Waals surface area contributed by atoms with Crippen LogP contribution in [-0.2, 0) is 0 Å². The molecule has 0 spiro atoms. The Morgan fingerprint density at radius 2 is 1.84 bits per heavy atom. The monoisotopic (exact) mass is 282 g/mol. The van der Waals surface area contributed by atoms with Gasteiger partial charge in [-0.3, -0.25) is 4.79 Å². The fraction of sp³-hybridized carbons (Fsp3) is 0. The summed E-state index contributed by atoms with van der Waals surface area (Å²) in [5.41, 5.74) is 4.53. The number of anilines is 2. The predicted molar refractivity (Wildman–Crippen MR) is 70.2 cm³/mol. The molecule has 0 atom stereocenters. The Kier molecular flexibility index (Phi) is 3.66. The van der Waals surface area contributed by atoms with Crippen molar-refractivity contribution in [2.45, 2.75) is 0 Å². The number of carbonyl (C=O) groups excluding carboxylic acids is 1. The van der Waals surface area contributed by atoms with Gasteiger partial charge < -0.3 is 11.1 Å². The van der Waals surface area contributed by atoms with Crippen LogP contribution in [0.15, 0.2) is 36.4 Å². The van der Waals surface area contributed by atoms with Gasteiger partial charge in [-0.25, -0.2) is 8.78 Å². The average Bonchev–Trinajstić information content (AvgIpc) is 2.37. The minimum Gasteiger partial charge on any atom is -0.396 e. The van der Waals surface area contributed by atoms with Crippen molar-refractivity contribution in [3.63, 3.8) is 0 Å². The molecule has 0 heterocycles. The molecule has 2 aromatic carbocycles. The summed E-state index contributed by atoms with van der Waals surface area (Å²) in [4.78, 5) is 11.9. The summed E-state index contributed by atoms with van der Waals surface area (Å²) in [6.45, 7) is 0. The fourth-order valence-electron chi connectivity index (χ4n) is 1.52. The number of amides is 1.